The second-order valence-corrected chi connectivity index (χ2v) is 8.37. The Hall–Kier alpha value is -2.97. The van der Waals surface area contributed by atoms with Crippen molar-refractivity contribution < 1.29 is 14.0 Å². The summed E-state index contributed by atoms with van der Waals surface area (Å²) in [5, 5.41) is 5.58. The number of furan rings is 1. The highest BCUT2D eigenvalue weighted by Gasteiger charge is 2.28. The van der Waals surface area contributed by atoms with E-state index in [9.17, 15) is 9.59 Å². The van der Waals surface area contributed by atoms with Gasteiger partial charge in [0.05, 0.1) is 18.2 Å². The first kappa shape index (κ1) is 20.3. The number of anilines is 1. The van der Waals surface area contributed by atoms with E-state index in [1.807, 2.05) is 48.7 Å². The maximum atomic E-state index is 12.5. The van der Waals surface area contributed by atoms with E-state index in [-0.39, 0.29) is 24.3 Å². The minimum atomic E-state index is -0.274. The van der Waals surface area contributed by atoms with Crippen LogP contribution in [0.2, 0.25) is 0 Å². The Morgan fingerprint density at radius 2 is 2.20 bits per heavy atom. The van der Waals surface area contributed by atoms with Crippen molar-refractivity contribution in [2.75, 3.05) is 11.9 Å². The zero-order valence-corrected chi connectivity index (χ0v) is 17.6. The molecule has 1 aromatic carbocycles. The molecule has 7 nitrogen and oxygen atoms in total. The number of primary amides is 1. The van der Waals surface area contributed by atoms with Gasteiger partial charge in [-0.1, -0.05) is 12.1 Å². The van der Waals surface area contributed by atoms with Gasteiger partial charge in [-0.05, 0) is 56.1 Å². The van der Waals surface area contributed by atoms with E-state index in [0.717, 1.165) is 41.4 Å². The highest BCUT2D eigenvalue weighted by molar-refractivity contribution is 7.13. The van der Waals surface area contributed by atoms with E-state index in [4.69, 9.17) is 10.2 Å². The monoisotopic (exact) mass is 424 g/mol. The number of amides is 2. The summed E-state index contributed by atoms with van der Waals surface area (Å²) < 4.78 is 5.59. The summed E-state index contributed by atoms with van der Waals surface area (Å²) in [6.45, 7) is 3.37. The number of aromatic nitrogens is 1. The molecule has 0 spiro atoms. The molecule has 2 amide bonds. The maximum absolute atomic E-state index is 12.5. The lowest BCUT2D eigenvalue weighted by molar-refractivity contribution is -0.122. The van der Waals surface area contributed by atoms with Crippen LogP contribution in [0, 0.1) is 6.92 Å². The molecular weight excluding hydrogens is 400 g/mol. The molecule has 1 fully saturated rings. The smallest absolute Gasteiger partial charge is 0.234 e. The summed E-state index contributed by atoms with van der Waals surface area (Å²) in [7, 11) is 0. The van der Waals surface area contributed by atoms with Crippen LogP contribution in [-0.2, 0) is 22.6 Å². The number of aryl methyl sites for hydroxylation is 1. The number of likely N-dealkylation sites (tertiary alicyclic amines) is 1. The number of hydrogen-bond donors (Lipinski definition) is 2. The van der Waals surface area contributed by atoms with Crippen LogP contribution in [0.5, 0.6) is 0 Å². The molecule has 3 N–H and O–H groups in total. The molecule has 8 heteroatoms. The van der Waals surface area contributed by atoms with Crippen LogP contribution in [0.1, 0.15) is 29.9 Å². The van der Waals surface area contributed by atoms with Crippen LogP contribution in [0.15, 0.2) is 46.2 Å². The van der Waals surface area contributed by atoms with Crippen LogP contribution in [0.25, 0.3) is 10.8 Å². The van der Waals surface area contributed by atoms with Gasteiger partial charge in [0.2, 0.25) is 11.8 Å². The molecule has 156 valence electrons. The summed E-state index contributed by atoms with van der Waals surface area (Å²) in [5.74, 6) is 1.14. The Kier molecular flexibility index (Phi) is 5.96. The average Bonchev–Trinajstić information content (AvgIpc) is 3.43. The van der Waals surface area contributed by atoms with Gasteiger partial charge in [0.1, 0.15) is 5.76 Å². The molecule has 2 aromatic heterocycles. The molecule has 1 aliphatic rings. The third-order valence-corrected chi connectivity index (χ3v) is 6.04. The summed E-state index contributed by atoms with van der Waals surface area (Å²) in [4.78, 5) is 30.7. The Bertz CT molecular complexity index is 1060. The number of carbonyl (C=O) groups excluding carboxylic acids is 2. The van der Waals surface area contributed by atoms with Crippen molar-refractivity contribution in [2.45, 2.75) is 38.8 Å². The quantitative estimate of drug-likeness (QED) is 0.606. The van der Waals surface area contributed by atoms with Crippen LogP contribution in [0.4, 0.5) is 5.69 Å². The highest BCUT2D eigenvalue weighted by atomic mass is 32.1. The fraction of sp³-hybridized carbons (Fsp3) is 0.318. The molecule has 3 aromatic rings. The van der Waals surface area contributed by atoms with Gasteiger partial charge in [0.25, 0.3) is 0 Å². The number of nitrogens with one attached hydrogen (secondary N) is 1. The molecular formula is C22H24N4O3S. The zero-order valence-electron chi connectivity index (χ0n) is 16.8. The second-order valence-electron chi connectivity index (χ2n) is 7.51. The number of nitrogens with two attached hydrogens (primary N) is 1. The third kappa shape index (κ3) is 4.77. The van der Waals surface area contributed by atoms with Crippen molar-refractivity contribution in [3.63, 3.8) is 0 Å². The summed E-state index contributed by atoms with van der Waals surface area (Å²) >= 11 is 1.46. The van der Waals surface area contributed by atoms with E-state index in [2.05, 4.69) is 15.2 Å². The van der Waals surface area contributed by atoms with Gasteiger partial charge in [-0.25, -0.2) is 4.98 Å². The van der Waals surface area contributed by atoms with Crippen molar-refractivity contribution in [3.8, 4) is 10.8 Å². The predicted octanol–water partition coefficient (Wildman–Crippen LogP) is 3.34. The minimum Gasteiger partial charge on any atom is -0.459 e. The number of thiazole rings is 1. The minimum absolute atomic E-state index is 0.129. The van der Waals surface area contributed by atoms with E-state index < -0.39 is 0 Å². The van der Waals surface area contributed by atoms with Gasteiger partial charge in [0, 0.05) is 17.6 Å². The molecule has 1 unspecified atom stereocenters. The van der Waals surface area contributed by atoms with Crippen molar-refractivity contribution in [3.05, 3.63) is 58.8 Å². The summed E-state index contributed by atoms with van der Waals surface area (Å²) in [6.07, 6.45) is 1.96. The molecule has 4 rings (SSSR count). The number of rotatable bonds is 7. The third-order valence-electron chi connectivity index (χ3n) is 5.13. The zero-order chi connectivity index (χ0) is 21.1. The van der Waals surface area contributed by atoms with Crippen molar-refractivity contribution >= 4 is 28.8 Å². The topological polar surface area (TPSA) is 101 Å². The Labute approximate surface area is 178 Å². The molecule has 1 aliphatic heterocycles. The fourth-order valence-electron chi connectivity index (χ4n) is 3.74. The summed E-state index contributed by atoms with van der Waals surface area (Å²) in [5.41, 5.74) is 7.97. The second kappa shape index (κ2) is 8.81. The van der Waals surface area contributed by atoms with Crippen molar-refractivity contribution in [1.82, 2.24) is 9.88 Å². The van der Waals surface area contributed by atoms with Gasteiger partial charge in [-0.2, -0.15) is 0 Å². The van der Waals surface area contributed by atoms with Gasteiger partial charge < -0.3 is 15.5 Å². The molecule has 0 bridgehead atoms. The van der Waals surface area contributed by atoms with Crippen LogP contribution < -0.4 is 11.1 Å². The van der Waals surface area contributed by atoms with Crippen molar-refractivity contribution in [2.24, 2.45) is 5.73 Å². The lowest BCUT2D eigenvalue weighted by Crippen LogP contribution is -2.39. The number of benzene rings is 1. The van der Waals surface area contributed by atoms with Crippen LogP contribution >= 0.6 is 11.3 Å². The fourth-order valence-corrected chi connectivity index (χ4v) is 4.52. The first-order chi connectivity index (χ1) is 14.5. The maximum Gasteiger partial charge on any atom is 0.234 e. The largest absolute Gasteiger partial charge is 0.459 e. The number of carbonyl (C=O) groups is 2. The van der Waals surface area contributed by atoms with Gasteiger partial charge in [0.15, 0.2) is 10.8 Å². The summed E-state index contributed by atoms with van der Waals surface area (Å²) in [6, 6.07) is 11.3. The van der Waals surface area contributed by atoms with Gasteiger partial charge in [-0.15, -0.1) is 11.3 Å². The molecule has 0 radical (unpaired) electrons. The van der Waals surface area contributed by atoms with Gasteiger partial charge in [-0.3, -0.25) is 14.5 Å². The lowest BCUT2D eigenvalue weighted by Gasteiger charge is -2.22. The molecule has 3 heterocycles. The van der Waals surface area contributed by atoms with Gasteiger partial charge >= 0.3 is 0 Å². The lowest BCUT2D eigenvalue weighted by atomic mass is 10.1. The SMILES string of the molecule is Cc1ccc(-c2nc(CC(=O)Nc3cccc(CN4CCCC4C(N)=O)c3)cs2)o1. The van der Waals surface area contributed by atoms with Crippen LogP contribution in [-0.4, -0.2) is 34.3 Å². The predicted molar refractivity (Wildman–Crippen MR) is 116 cm³/mol. The Balaban J connectivity index is 1.36. The average molecular weight is 425 g/mol. The Morgan fingerprint density at radius 1 is 1.33 bits per heavy atom. The molecule has 1 saturated heterocycles. The first-order valence-corrected chi connectivity index (χ1v) is 10.8. The molecule has 0 aliphatic carbocycles. The van der Waals surface area contributed by atoms with E-state index in [1.54, 1.807) is 0 Å². The van der Waals surface area contributed by atoms with E-state index in [0.29, 0.717) is 18.0 Å². The van der Waals surface area contributed by atoms with Crippen LogP contribution in [0.3, 0.4) is 0 Å². The Morgan fingerprint density at radius 3 is 2.97 bits per heavy atom. The normalized spacial score (nSPS) is 16.6. The number of nitrogens with zero attached hydrogens (tertiary/aromatic N) is 2. The molecule has 0 saturated carbocycles. The first-order valence-electron chi connectivity index (χ1n) is 9.91. The molecule has 30 heavy (non-hydrogen) atoms. The highest BCUT2D eigenvalue weighted by Crippen LogP contribution is 2.26. The standard InChI is InChI=1S/C22H24N4O3S/c1-14-7-8-19(29-14)22-25-17(13-30-22)11-20(27)24-16-5-2-4-15(10-16)12-26-9-3-6-18(26)21(23)28/h2,4-5,7-8,10,13,18H,3,6,9,11-12H2,1H3,(H2,23,28)(H,24,27). The van der Waals surface area contributed by atoms with E-state index >= 15 is 0 Å². The van der Waals surface area contributed by atoms with Crippen molar-refractivity contribution in [1.29, 1.82) is 0 Å². The molecule has 1 atom stereocenters. The van der Waals surface area contributed by atoms with E-state index in [1.165, 1.54) is 11.3 Å². The number of hydrogen-bond acceptors (Lipinski definition) is 6.